The second-order valence-electron chi connectivity index (χ2n) is 3.72. The Morgan fingerprint density at radius 1 is 1.23 bits per heavy atom. The van der Waals surface area contributed by atoms with Crippen molar-refractivity contribution in [2.24, 2.45) is 0 Å². The second-order valence-corrected chi connectivity index (χ2v) is 3.72. The van der Waals surface area contributed by atoms with Crippen molar-refractivity contribution in [3.05, 3.63) is 12.2 Å². The van der Waals surface area contributed by atoms with E-state index in [2.05, 4.69) is 22.4 Å². The number of hydrogen-bond acceptors (Lipinski definition) is 2. The number of nitrogens with one attached hydrogen (secondary N) is 1. The molecule has 0 spiro atoms. The summed E-state index contributed by atoms with van der Waals surface area (Å²) in [6.45, 7) is 4.89. The third kappa shape index (κ3) is 5.06. The first kappa shape index (κ1) is 10.7. The van der Waals surface area contributed by atoms with E-state index >= 15 is 0 Å². The van der Waals surface area contributed by atoms with E-state index in [-0.39, 0.29) is 0 Å². The maximum Gasteiger partial charge on any atom is 0.0163 e. The highest BCUT2D eigenvalue weighted by Gasteiger charge is 2.04. The van der Waals surface area contributed by atoms with E-state index in [1.807, 2.05) is 7.05 Å². The molecular formula is C11H22N2. The lowest BCUT2D eigenvalue weighted by molar-refractivity contribution is 0.291. The molecule has 76 valence electrons. The van der Waals surface area contributed by atoms with Crippen LogP contribution in [0.5, 0.6) is 0 Å². The maximum atomic E-state index is 3.18. The van der Waals surface area contributed by atoms with Gasteiger partial charge in [-0.25, -0.2) is 0 Å². The highest BCUT2D eigenvalue weighted by molar-refractivity contribution is 4.90. The van der Waals surface area contributed by atoms with Gasteiger partial charge in [0.2, 0.25) is 0 Å². The van der Waals surface area contributed by atoms with Crippen molar-refractivity contribution >= 4 is 0 Å². The van der Waals surface area contributed by atoms with Crippen LogP contribution >= 0.6 is 0 Å². The van der Waals surface area contributed by atoms with Gasteiger partial charge in [0, 0.05) is 13.1 Å². The first-order chi connectivity index (χ1) is 6.43. The normalized spacial score (nSPS) is 17.9. The molecule has 2 heteroatoms. The molecule has 0 unspecified atom stereocenters. The summed E-state index contributed by atoms with van der Waals surface area (Å²) >= 11 is 0. The van der Waals surface area contributed by atoms with Crippen LogP contribution < -0.4 is 5.32 Å². The summed E-state index contributed by atoms with van der Waals surface area (Å²) in [5.74, 6) is 0. The lowest BCUT2D eigenvalue weighted by Gasteiger charge is -2.22. The number of unbranched alkanes of at least 4 members (excludes halogenated alkanes) is 2. The molecular weight excluding hydrogens is 160 g/mol. The van der Waals surface area contributed by atoms with Gasteiger partial charge in [0.15, 0.2) is 0 Å². The number of rotatable bonds is 6. The van der Waals surface area contributed by atoms with Crippen molar-refractivity contribution in [3.8, 4) is 0 Å². The predicted molar refractivity (Wildman–Crippen MR) is 58.0 cm³/mol. The van der Waals surface area contributed by atoms with Crippen LogP contribution in [-0.4, -0.2) is 38.1 Å². The van der Waals surface area contributed by atoms with Crippen molar-refractivity contribution in [3.63, 3.8) is 0 Å². The van der Waals surface area contributed by atoms with Gasteiger partial charge >= 0.3 is 0 Å². The Balaban J connectivity index is 1.90. The van der Waals surface area contributed by atoms with Crippen molar-refractivity contribution in [1.82, 2.24) is 10.2 Å². The minimum absolute atomic E-state index is 1.17. The quantitative estimate of drug-likeness (QED) is 0.496. The van der Waals surface area contributed by atoms with Gasteiger partial charge in [-0.2, -0.15) is 0 Å². The molecule has 0 fully saturated rings. The molecule has 0 amide bonds. The fraction of sp³-hybridized carbons (Fsp3) is 0.818. The topological polar surface area (TPSA) is 15.3 Å². The van der Waals surface area contributed by atoms with E-state index in [1.54, 1.807) is 0 Å². The Bertz CT molecular complexity index is 143. The average molecular weight is 182 g/mol. The van der Waals surface area contributed by atoms with Crippen LogP contribution in [0.3, 0.4) is 0 Å². The molecule has 0 saturated heterocycles. The summed E-state index contributed by atoms with van der Waals surface area (Å²) in [5.41, 5.74) is 0. The predicted octanol–water partition coefficient (Wildman–Crippen LogP) is 1.64. The maximum absolute atomic E-state index is 3.18. The van der Waals surface area contributed by atoms with Gasteiger partial charge in [0.05, 0.1) is 0 Å². The first-order valence-corrected chi connectivity index (χ1v) is 5.45. The zero-order chi connectivity index (χ0) is 9.36. The van der Waals surface area contributed by atoms with Crippen molar-refractivity contribution in [2.75, 3.05) is 33.2 Å². The molecule has 13 heavy (non-hydrogen) atoms. The van der Waals surface area contributed by atoms with Crippen molar-refractivity contribution in [1.29, 1.82) is 0 Å². The van der Waals surface area contributed by atoms with Crippen LogP contribution in [0.25, 0.3) is 0 Å². The SMILES string of the molecule is CNCCCCCN1CC=CCC1. The molecule has 0 bridgehead atoms. The second kappa shape index (κ2) is 7.10. The average Bonchev–Trinajstić information content (AvgIpc) is 2.19. The molecule has 2 nitrogen and oxygen atoms in total. The molecule has 1 rings (SSSR count). The molecule has 0 atom stereocenters. The molecule has 0 aromatic rings. The summed E-state index contributed by atoms with van der Waals surface area (Å²) in [6.07, 6.45) is 9.86. The largest absolute Gasteiger partial charge is 0.320 e. The van der Waals surface area contributed by atoms with E-state index in [1.165, 1.54) is 51.9 Å². The molecule has 1 aliphatic rings. The molecule has 0 radical (unpaired) electrons. The monoisotopic (exact) mass is 182 g/mol. The van der Waals surface area contributed by atoms with Crippen LogP contribution in [0.4, 0.5) is 0 Å². The fourth-order valence-corrected chi connectivity index (χ4v) is 1.71. The van der Waals surface area contributed by atoms with Gasteiger partial charge in [-0.05, 0) is 39.4 Å². The van der Waals surface area contributed by atoms with Crippen LogP contribution in [0.1, 0.15) is 25.7 Å². The molecule has 0 aromatic carbocycles. The highest BCUT2D eigenvalue weighted by Crippen LogP contribution is 2.03. The smallest absolute Gasteiger partial charge is 0.0163 e. The van der Waals surface area contributed by atoms with E-state index in [0.717, 1.165) is 0 Å². The molecule has 1 aliphatic heterocycles. The number of hydrogen-bond donors (Lipinski definition) is 1. The fourth-order valence-electron chi connectivity index (χ4n) is 1.71. The Morgan fingerprint density at radius 3 is 2.85 bits per heavy atom. The summed E-state index contributed by atoms with van der Waals surface area (Å²) < 4.78 is 0. The van der Waals surface area contributed by atoms with E-state index in [9.17, 15) is 0 Å². The lowest BCUT2D eigenvalue weighted by Crippen LogP contribution is -2.28. The van der Waals surface area contributed by atoms with Crippen LogP contribution in [0.15, 0.2) is 12.2 Å². The molecule has 1 N–H and O–H groups in total. The lowest BCUT2D eigenvalue weighted by atomic mass is 10.2. The van der Waals surface area contributed by atoms with Gasteiger partial charge < -0.3 is 5.32 Å². The minimum atomic E-state index is 1.17. The van der Waals surface area contributed by atoms with Crippen molar-refractivity contribution < 1.29 is 0 Å². The molecule has 1 heterocycles. The van der Waals surface area contributed by atoms with Crippen molar-refractivity contribution in [2.45, 2.75) is 25.7 Å². The molecule has 0 aliphatic carbocycles. The minimum Gasteiger partial charge on any atom is -0.320 e. The third-order valence-electron chi connectivity index (χ3n) is 2.54. The van der Waals surface area contributed by atoms with Gasteiger partial charge in [0.1, 0.15) is 0 Å². The molecule has 0 saturated carbocycles. The summed E-state index contributed by atoms with van der Waals surface area (Å²) in [6, 6.07) is 0. The van der Waals surface area contributed by atoms with Crippen LogP contribution in [0, 0.1) is 0 Å². The van der Waals surface area contributed by atoms with Gasteiger partial charge in [-0.1, -0.05) is 18.6 Å². The molecule has 0 aromatic heterocycles. The van der Waals surface area contributed by atoms with E-state index in [4.69, 9.17) is 0 Å². The Labute approximate surface area is 82.0 Å². The van der Waals surface area contributed by atoms with Gasteiger partial charge in [-0.3, -0.25) is 4.90 Å². The number of nitrogens with zero attached hydrogens (tertiary/aromatic N) is 1. The van der Waals surface area contributed by atoms with Crippen LogP contribution in [-0.2, 0) is 0 Å². The first-order valence-electron chi connectivity index (χ1n) is 5.45. The highest BCUT2D eigenvalue weighted by atomic mass is 15.1. The summed E-state index contributed by atoms with van der Waals surface area (Å²) in [7, 11) is 2.02. The Kier molecular flexibility index (Phi) is 5.87. The summed E-state index contributed by atoms with van der Waals surface area (Å²) in [4.78, 5) is 2.54. The Morgan fingerprint density at radius 2 is 2.15 bits per heavy atom. The zero-order valence-corrected chi connectivity index (χ0v) is 8.76. The summed E-state index contributed by atoms with van der Waals surface area (Å²) in [5, 5.41) is 3.18. The van der Waals surface area contributed by atoms with E-state index < -0.39 is 0 Å². The van der Waals surface area contributed by atoms with Gasteiger partial charge in [0.25, 0.3) is 0 Å². The third-order valence-corrected chi connectivity index (χ3v) is 2.54. The zero-order valence-electron chi connectivity index (χ0n) is 8.76. The van der Waals surface area contributed by atoms with Gasteiger partial charge in [-0.15, -0.1) is 0 Å². The Hall–Kier alpha value is -0.340. The van der Waals surface area contributed by atoms with E-state index in [0.29, 0.717) is 0 Å². The van der Waals surface area contributed by atoms with Crippen LogP contribution in [0.2, 0.25) is 0 Å². The standard InChI is InChI=1S/C11H22N2/c1-12-8-4-2-5-9-13-10-6-3-7-11-13/h3,6,12H,2,4-5,7-11H2,1H3.